The van der Waals surface area contributed by atoms with Gasteiger partial charge in [-0.2, -0.15) is 0 Å². The normalized spacial score (nSPS) is 11.2. The highest BCUT2D eigenvalue weighted by molar-refractivity contribution is 6.33. The zero-order valence-corrected chi connectivity index (χ0v) is 16.1. The Balaban J connectivity index is 2.48. The molecule has 1 N–H and O–H groups in total. The van der Waals surface area contributed by atoms with Gasteiger partial charge in [0.2, 0.25) is 0 Å². The minimum Gasteiger partial charge on any atom is -0.382 e. The van der Waals surface area contributed by atoms with E-state index >= 15 is 0 Å². The van der Waals surface area contributed by atoms with Crippen molar-refractivity contribution in [3.63, 3.8) is 0 Å². The molecular weight excluding hydrogens is 365 g/mol. The molecule has 0 bridgehead atoms. The maximum absolute atomic E-state index is 12.8. The number of nitrogens with zero attached hydrogens (tertiary/aromatic N) is 2. The Labute approximate surface area is 156 Å². The number of benzene rings is 1. The molecule has 0 saturated carbocycles. The summed E-state index contributed by atoms with van der Waals surface area (Å²) in [6, 6.07) is 3.47. The van der Waals surface area contributed by atoms with Gasteiger partial charge in [-0.15, -0.1) is 0 Å². The van der Waals surface area contributed by atoms with Crippen LogP contribution in [-0.4, -0.2) is 37.0 Å². The van der Waals surface area contributed by atoms with E-state index in [9.17, 15) is 4.79 Å². The molecule has 0 saturated heterocycles. The number of anilines is 2. The van der Waals surface area contributed by atoms with E-state index in [2.05, 4.69) is 10.3 Å². The average Bonchev–Trinajstić information content (AvgIpc) is 2.53. The molecular formula is C17H21Cl2N3O3. The first-order chi connectivity index (χ1) is 11.9. The van der Waals surface area contributed by atoms with Crippen LogP contribution in [-0.2, 0) is 9.47 Å². The van der Waals surface area contributed by atoms with E-state index in [-0.39, 0.29) is 22.6 Å². The molecule has 6 nitrogen and oxygen atoms in total. The van der Waals surface area contributed by atoms with Crippen molar-refractivity contribution >= 4 is 34.7 Å². The van der Waals surface area contributed by atoms with E-state index in [4.69, 9.17) is 32.7 Å². The van der Waals surface area contributed by atoms with Gasteiger partial charge in [0.1, 0.15) is 5.15 Å². The molecule has 0 spiro atoms. The molecule has 1 heterocycles. The summed E-state index contributed by atoms with van der Waals surface area (Å²) in [5.74, 6) is 0.0959. The van der Waals surface area contributed by atoms with E-state index in [0.29, 0.717) is 23.9 Å². The SMILES string of the molecule is COCC(COC)n1cc(Cl)nc(Nc2c(C)cc(C)cc2Cl)c1=O. The first-order valence-electron chi connectivity index (χ1n) is 7.67. The van der Waals surface area contributed by atoms with Gasteiger partial charge in [-0.25, -0.2) is 4.98 Å². The Bertz CT molecular complexity index is 779. The van der Waals surface area contributed by atoms with Crippen LogP contribution in [0.4, 0.5) is 11.5 Å². The second-order valence-corrected chi connectivity index (χ2v) is 6.55. The van der Waals surface area contributed by atoms with Crippen LogP contribution in [0.2, 0.25) is 10.2 Å². The van der Waals surface area contributed by atoms with Gasteiger partial charge in [-0.1, -0.05) is 29.3 Å². The summed E-state index contributed by atoms with van der Waals surface area (Å²) in [6.07, 6.45) is 1.47. The minimum atomic E-state index is -0.334. The fourth-order valence-electron chi connectivity index (χ4n) is 2.62. The Morgan fingerprint density at radius 2 is 1.84 bits per heavy atom. The number of nitrogens with one attached hydrogen (secondary N) is 1. The first-order valence-corrected chi connectivity index (χ1v) is 8.43. The highest BCUT2D eigenvalue weighted by atomic mass is 35.5. The lowest BCUT2D eigenvalue weighted by atomic mass is 10.1. The smallest absolute Gasteiger partial charge is 0.294 e. The number of methoxy groups -OCH3 is 2. The van der Waals surface area contributed by atoms with E-state index in [1.165, 1.54) is 10.8 Å². The second-order valence-electron chi connectivity index (χ2n) is 5.75. The summed E-state index contributed by atoms with van der Waals surface area (Å²) in [4.78, 5) is 16.9. The largest absolute Gasteiger partial charge is 0.382 e. The number of halogens is 2. The Morgan fingerprint density at radius 1 is 1.20 bits per heavy atom. The van der Waals surface area contributed by atoms with Crippen LogP contribution in [0.15, 0.2) is 23.1 Å². The van der Waals surface area contributed by atoms with Gasteiger partial charge in [-0.3, -0.25) is 4.79 Å². The number of aromatic nitrogens is 2. The predicted octanol–water partition coefficient (Wildman–Crippen LogP) is 3.74. The van der Waals surface area contributed by atoms with Crippen molar-refractivity contribution < 1.29 is 9.47 Å². The Hall–Kier alpha value is -1.60. The molecule has 0 aliphatic carbocycles. The van der Waals surface area contributed by atoms with Crippen LogP contribution in [0.1, 0.15) is 17.2 Å². The fourth-order valence-corrected chi connectivity index (χ4v) is 3.18. The molecule has 0 aliphatic heterocycles. The maximum atomic E-state index is 12.8. The highest BCUT2D eigenvalue weighted by Crippen LogP contribution is 2.29. The van der Waals surface area contributed by atoms with Crippen molar-refractivity contribution in [3.8, 4) is 0 Å². The van der Waals surface area contributed by atoms with E-state index in [1.54, 1.807) is 14.2 Å². The van der Waals surface area contributed by atoms with Crippen molar-refractivity contribution in [2.75, 3.05) is 32.8 Å². The summed E-state index contributed by atoms with van der Waals surface area (Å²) in [5.41, 5.74) is 2.23. The standard InChI is InChI=1S/C17H21Cl2N3O3/c1-10-5-11(2)15(13(18)6-10)21-16-17(23)22(7-14(19)20-16)12(8-24-3)9-25-4/h5-7,12H,8-9H2,1-4H3,(H,20,21). The van der Waals surface area contributed by atoms with Crippen LogP contribution < -0.4 is 10.9 Å². The maximum Gasteiger partial charge on any atom is 0.294 e. The van der Waals surface area contributed by atoms with Gasteiger partial charge in [-0.05, 0) is 31.0 Å². The lowest BCUT2D eigenvalue weighted by Gasteiger charge is -2.20. The van der Waals surface area contributed by atoms with Gasteiger partial charge in [0, 0.05) is 20.4 Å². The molecule has 0 aliphatic rings. The van der Waals surface area contributed by atoms with Crippen LogP contribution in [0.5, 0.6) is 0 Å². The molecule has 0 amide bonds. The zero-order chi connectivity index (χ0) is 18.6. The highest BCUT2D eigenvalue weighted by Gasteiger charge is 2.18. The van der Waals surface area contributed by atoms with Crippen LogP contribution >= 0.6 is 23.2 Å². The van der Waals surface area contributed by atoms with Gasteiger partial charge in [0.25, 0.3) is 5.56 Å². The average molecular weight is 386 g/mol. The fraction of sp³-hybridized carbons (Fsp3) is 0.412. The molecule has 0 atom stereocenters. The lowest BCUT2D eigenvalue weighted by molar-refractivity contribution is 0.0879. The zero-order valence-electron chi connectivity index (χ0n) is 14.6. The third-order valence-electron chi connectivity index (χ3n) is 3.69. The lowest BCUT2D eigenvalue weighted by Crippen LogP contribution is -2.32. The number of ether oxygens (including phenoxy) is 2. The van der Waals surface area contributed by atoms with Crippen molar-refractivity contribution in [2.24, 2.45) is 0 Å². The Morgan fingerprint density at radius 3 is 2.40 bits per heavy atom. The molecule has 2 aromatic rings. The van der Waals surface area contributed by atoms with Crippen molar-refractivity contribution in [2.45, 2.75) is 19.9 Å². The predicted molar refractivity (Wildman–Crippen MR) is 101 cm³/mol. The summed E-state index contributed by atoms with van der Waals surface area (Å²) in [6.45, 7) is 4.46. The third-order valence-corrected chi connectivity index (χ3v) is 4.17. The molecule has 1 aromatic heterocycles. The molecule has 8 heteroatoms. The van der Waals surface area contributed by atoms with Crippen molar-refractivity contribution in [1.29, 1.82) is 0 Å². The van der Waals surface area contributed by atoms with Crippen LogP contribution in [0, 0.1) is 13.8 Å². The summed E-state index contributed by atoms with van der Waals surface area (Å²) >= 11 is 12.4. The Kier molecular flexibility index (Phi) is 6.84. The molecule has 1 aromatic carbocycles. The molecule has 0 fully saturated rings. The summed E-state index contributed by atoms with van der Waals surface area (Å²) in [7, 11) is 3.12. The molecule has 2 rings (SSSR count). The first kappa shape index (κ1) is 19.7. The minimum absolute atomic E-state index is 0.0959. The third kappa shape index (κ3) is 4.73. The molecule has 0 unspecified atom stereocenters. The van der Waals surface area contributed by atoms with E-state index < -0.39 is 0 Å². The number of rotatable bonds is 7. The topological polar surface area (TPSA) is 65.4 Å². The quantitative estimate of drug-likeness (QED) is 0.785. The van der Waals surface area contributed by atoms with E-state index in [1.807, 2.05) is 26.0 Å². The van der Waals surface area contributed by atoms with Crippen LogP contribution in [0.25, 0.3) is 0 Å². The monoisotopic (exact) mass is 385 g/mol. The second kappa shape index (κ2) is 8.67. The molecule has 25 heavy (non-hydrogen) atoms. The van der Waals surface area contributed by atoms with Crippen molar-refractivity contribution in [1.82, 2.24) is 9.55 Å². The number of hydrogen-bond acceptors (Lipinski definition) is 5. The van der Waals surface area contributed by atoms with Gasteiger partial charge >= 0.3 is 0 Å². The van der Waals surface area contributed by atoms with Gasteiger partial charge in [0.05, 0.1) is 30.0 Å². The van der Waals surface area contributed by atoms with Crippen LogP contribution in [0.3, 0.4) is 0 Å². The summed E-state index contributed by atoms with van der Waals surface area (Å²) in [5, 5.41) is 3.70. The number of hydrogen-bond donors (Lipinski definition) is 1. The van der Waals surface area contributed by atoms with Crippen molar-refractivity contribution in [3.05, 3.63) is 50.0 Å². The molecule has 0 radical (unpaired) electrons. The molecule has 136 valence electrons. The van der Waals surface area contributed by atoms with Gasteiger partial charge < -0.3 is 19.4 Å². The summed E-state index contributed by atoms with van der Waals surface area (Å²) < 4.78 is 11.8. The van der Waals surface area contributed by atoms with Gasteiger partial charge in [0.15, 0.2) is 5.82 Å². The van der Waals surface area contributed by atoms with E-state index in [0.717, 1.165) is 11.1 Å². The number of aryl methyl sites for hydroxylation is 2.